The van der Waals surface area contributed by atoms with E-state index in [1.807, 2.05) is 0 Å². The number of fused-ring (bicyclic) bond motifs is 2. The lowest BCUT2D eigenvalue weighted by Crippen LogP contribution is -2.61. The lowest BCUT2D eigenvalue weighted by Gasteiger charge is -2.47. The Kier molecular flexibility index (Phi) is 3.68. The monoisotopic (exact) mass is 250 g/mol. The lowest BCUT2D eigenvalue weighted by molar-refractivity contribution is 0.0418. The summed E-state index contributed by atoms with van der Waals surface area (Å²) < 4.78 is 0. The van der Waals surface area contributed by atoms with Crippen molar-refractivity contribution in [2.45, 2.75) is 71.0 Å². The van der Waals surface area contributed by atoms with E-state index >= 15 is 0 Å². The van der Waals surface area contributed by atoms with Crippen molar-refractivity contribution < 1.29 is 0 Å². The largest absolute Gasteiger partial charge is 0.311 e. The van der Waals surface area contributed by atoms with Crippen molar-refractivity contribution in [2.24, 2.45) is 17.8 Å². The van der Waals surface area contributed by atoms with Crippen molar-refractivity contribution in [3.63, 3.8) is 0 Å². The Morgan fingerprint density at radius 3 is 2.61 bits per heavy atom. The van der Waals surface area contributed by atoms with Crippen molar-refractivity contribution in [3.05, 3.63) is 0 Å². The van der Waals surface area contributed by atoms with Crippen LogP contribution in [-0.2, 0) is 0 Å². The fourth-order valence-corrected chi connectivity index (χ4v) is 4.69. The maximum atomic E-state index is 3.78. The molecule has 18 heavy (non-hydrogen) atoms. The molecule has 1 saturated heterocycles. The number of nitrogens with one attached hydrogen (secondary N) is 1. The van der Waals surface area contributed by atoms with E-state index in [1.165, 1.54) is 45.2 Å². The Morgan fingerprint density at radius 2 is 2.06 bits per heavy atom. The van der Waals surface area contributed by atoms with Gasteiger partial charge in [-0.25, -0.2) is 0 Å². The highest BCUT2D eigenvalue weighted by molar-refractivity contribution is 5.00. The molecule has 0 aromatic carbocycles. The molecule has 5 atom stereocenters. The van der Waals surface area contributed by atoms with Gasteiger partial charge < -0.3 is 5.32 Å². The standard InChI is InChI=1S/C16H30N2/c1-4-14-9-17-15(11(2)3)10-18(14)16-8-12-5-6-13(16)7-12/h11-17H,4-10H2,1-3H3. The molecule has 0 spiro atoms. The second-order valence-electron chi connectivity index (χ2n) is 7.26. The van der Waals surface area contributed by atoms with Crippen LogP contribution in [0.15, 0.2) is 0 Å². The summed E-state index contributed by atoms with van der Waals surface area (Å²) in [6.45, 7) is 9.60. The van der Waals surface area contributed by atoms with Gasteiger partial charge in [-0.2, -0.15) is 0 Å². The third-order valence-electron chi connectivity index (χ3n) is 5.89. The van der Waals surface area contributed by atoms with Gasteiger partial charge in [0.05, 0.1) is 0 Å². The molecule has 1 N–H and O–H groups in total. The molecule has 3 aliphatic rings. The topological polar surface area (TPSA) is 15.3 Å². The van der Waals surface area contributed by atoms with Crippen molar-refractivity contribution in [2.75, 3.05) is 13.1 Å². The molecule has 104 valence electrons. The van der Waals surface area contributed by atoms with E-state index in [-0.39, 0.29) is 0 Å². The Bertz CT molecular complexity index is 289. The maximum absolute atomic E-state index is 3.78. The van der Waals surface area contributed by atoms with Gasteiger partial charge in [-0.1, -0.05) is 27.2 Å². The molecular formula is C16H30N2. The summed E-state index contributed by atoms with van der Waals surface area (Å²) in [5.74, 6) is 2.88. The Balaban J connectivity index is 1.70. The molecule has 1 aliphatic heterocycles. The molecule has 0 aromatic rings. The third-order valence-corrected chi connectivity index (χ3v) is 5.89. The van der Waals surface area contributed by atoms with Crippen LogP contribution >= 0.6 is 0 Å². The van der Waals surface area contributed by atoms with E-state index in [1.54, 1.807) is 0 Å². The number of piperazine rings is 1. The molecule has 5 unspecified atom stereocenters. The van der Waals surface area contributed by atoms with Gasteiger partial charge >= 0.3 is 0 Å². The molecule has 2 heteroatoms. The fraction of sp³-hybridized carbons (Fsp3) is 1.00. The van der Waals surface area contributed by atoms with E-state index in [0.717, 1.165) is 29.8 Å². The minimum atomic E-state index is 0.715. The summed E-state index contributed by atoms with van der Waals surface area (Å²) in [6, 6.07) is 2.44. The van der Waals surface area contributed by atoms with Crippen molar-refractivity contribution in [3.8, 4) is 0 Å². The average Bonchev–Trinajstić information content (AvgIpc) is 3.00. The molecule has 0 amide bonds. The molecule has 2 nitrogen and oxygen atoms in total. The van der Waals surface area contributed by atoms with Crippen LogP contribution in [0, 0.1) is 17.8 Å². The van der Waals surface area contributed by atoms with Gasteiger partial charge in [-0.05, 0) is 43.4 Å². The fourth-order valence-electron chi connectivity index (χ4n) is 4.69. The van der Waals surface area contributed by atoms with Crippen LogP contribution in [0.25, 0.3) is 0 Å². The SMILES string of the molecule is CCC1CNC(C(C)C)CN1C1CC2CCC1C2. The quantitative estimate of drug-likeness (QED) is 0.828. The normalized spacial score (nSPS) is 45.0. The summed E-state index contributed by atoms with van der Waals surface area (Å²) in [4.78, 5) is 2.91. The summed E-state index contributed by atoms with van der Waals surface area (Å²) in [5, 5.41) is 3.78. The molecule has 0 aromatic heterocycles. The van der Waals surface area contributed by atoms with Crippen LogP contribution in [-0.4, -0.2) is 36.1 Å². The number of hydrogen-bond donors (Lipinski definition) is 1. The summed E-state index contributed by atoms with van der Waals surface area (Å²) >= 11 is 0. The number of hydrogen-bond acceptors (Lipinski definition) is 2. The average molecular weight is 250 g/mol. The maximum Gasteiger partial charge on any atom is 0.0221 e. The van der Waals surface area contributed by atoms with Gasteiger partial charge in [0.2, 0.25) is 0 Å². The van der Waals surface area contributed by atoms with E-state index in [9.17, 15) is 0 Å². The van der Waals surface area contributed by atoms with Gasteiger partial charge in [-0.3, -0.25) is 4.90 Å². The van der Waals surface area contributed by atoms with Gasteiger partial charge in [0.25, 0.3) is 0 Å². The van der Waals surface area contributed by atoms with Crippen molar-refractivity contribution >= 4 is 0 Å². The predicted molar refractivity (Wildman–Crippen MR) is 76.6 cm³/mol. The van der Waals surface area contributed by atoms with E-state index in [2.05, 4.69) is 31.0 Å². The smallest absolute Gasteiger partial charge is 0.0221 e. The zero-order valence-corrected chi connectivity index (χ0v) is 12.4. The minimum absolute atomic E-state index is 0.715. The second kappa shape index (κ2) is 5.13. The minimum Gasteiger partial charge on any atom is -0.311 e. The molecular weight excluding hydrogens is 220 g/mol. The van der Waals surface area contributed by atoms with Crippen LogP contribution in [0.4, 0.5) is 0 Å². The molecule has 2 saturated carbocycles. The number of rotatable bonds is 3. The van der Waals surface area contributed by atoms with Crippen molar-refractivity contribution in [1.82, 2.24) is 10.2 Å². The predicted octanol–water partition coefficient (Wildman–Crippen LogP) is 2.88. The molecule has 2 aliphatic carbocycles. The van der Waals surface area contributed by atoms with Gasteiger partial charge in [-0.15, -0.1) is 0 Å². The van der Waals surface area contributed by atoms with E-state index < -0.39 is 0 Å². The van der Waals surface area contributed by atoms with Crippen LogP contribution in [0.3, 0.4) is 0 Å². The Labute approximate surface area is 113 Å². The zero-order valence-electron chi connectivity index (χ0n) is 12.4. The summed E-state index contributed by atoms with van der Waals surface area (Å²) in [6.07, 6.45) is 7.40. The molecule has 1 heterocycles. The van der Waals surface area contributed by atoms with Crippen LogP contribution in [0.1, 0.15) is 52.9 Å². The number of nitrogens with zero attached hydrogens (tertiary/aromatic N) is 1. The zero-order chi connectivity index (χ0) is 12.7. The lowest BCUT2D eigenvalue weighted by atomic mass is 9.89. The summed E-state index contributed by atoms with van der Waals surface area (Å²) in [7, 11) is 0. The van der Waals surface area contributed by atoms with Gasteiger partial charge in [0.1, 0.15) is 0 Å². The van der Waals surface area contributed by atoms with Gasteiger partial charge in [0.15, 0.2) is 0 Å². The highest BCUT2D eigenvalue weighted by atomic mass is 15.3. The van der Waals surface area contributed by atoms with Crippen LogP contribution < -0.4 is 5.32 Å². The molecule has 0 radical (unpaired) electrons. The van der Waals surface area contributed by atoms with E-state index in [0.29, 0.717) is 6.04 Å². The first-order chi connectivity index (χ1) is 8.69. The molecule has 3 fully saturated rings. The molecule has 3 rings (SSSR count). The Hall–Kier alpha value is -0.0800. The Morgan fingerprint density at radius 1 is 1.22 bits per heavy atom. The van der Waals surface area contributed by atoms with Crippen LogP contribution in [0.5, 0.6) is 0 Å². The van der Waals surface area contributed by atoms with Gasteiger partial charge in [0, 0.05) is 31.2 Å². The summed E-state index contributed by atoms with van der Waals surface area (Å²) in [5.41, 5.74) is 0. The third kappa shape index (κ3) is 2.22. The highest BCUT2D eigenvalue weighted by Gasteiger charge is 2.45. The first-order valence-corrected chi connectivity index (χ1v) is 8.18. The first-order valence-electron chi connectivity index (χ1n) is 8.18. The molecule has 2 bridgehead atoms. The second-order valence-corrected chi connectivity index (χ2v) is 7.26. The first kappa shape index (κ1) is 12.9. The van der Waals surface area contributed by atoms with Crippen LogP contribution in [0.2, 0.25) is 0 Å². The van der Waals surface area contributed by atoms with E-state index in [4.69, 9.17) is 0 Å². The van der Waals surface area contributed by atoms with Crippen molar-refractivity contribution in [1.29, 1.82) is 0 Å². The highest BCUT2D eigenvalue weighted by Crippen LogP contribution is 2.47.